The molecule has 7 heteroatoms. The molecular formula is C14H18ClN3O3. The molecule has 0 unspecified atom stereocenters. The van der Waals surface area contributed by atoms with E-state index in [-0.39, 0.29) is 13.2 Å². The van der Waals surface area contributed by atoms with Gasteiger partial charge in [0.2, 0.25) is 0 Å². The first-order valence-corrected chi connectivity index (χ1v) is 7.04. The SMILES string of the molecule is CCCn1ncnc1COc1c(Cl)cc(CO)cc1OC. The van der Waals surface area contributed by atoms with Crippen LogP contribution in [0.4, 0.5) is 0 Å². The van der Waals surface area contributed by atoms with E-state index in [1.54, 1.807) is 16.8 Å². The fourth-order valence-corrected chi connectivity index (χ4v) is 2.23. The maximum Gasteiger partial charge on any atom is 0.180 e. The van der Waals surface area contributed by atoms with Gasteiger partial charge < -0.3 is 14.6 Å². The number of aryl methyl sites for hydroxylation is 1. The number of benzene rings is 1. The van der Waals surface area contributed by atoms with Crippen LogP contribution in [-0.4, -0.2) is 27.0 Å². The lowest BCUT2D eigenvalue weighted by atomic mass is 10.2. The zero-order chi connectivity index (χ0) is 15.2. The number of nitrogens with zero attached hydrogens (tertiary/aromatic N) is 3. The van der Waals surface area contributed by atoms with Crippen LogP contribution in [0, 0.1) is 0 Å². The summed E-state index contributed by atoms with van der Waals surface area (Å²) in [4.78, 5) is 4.17. The van der Waals surface area contributed by atoms with E-state index >= 15 is 0 Å². The zero-order valence-electron chi connectivity index (χ0n) is 12.0. The number of hydrogen-bond acceptors (Lipinski definition) is 5. The van der Waals surface area contributed by atoms with Crippen molar-refractivity contribution >= 4 is 11.6 Å². The molecule has 0 atom stereocenters. The number of ether oxygens (including phenoxy) is 2. The zero-order valence-corrected chi connectivity index (χ0v) is 12.8. The van der Waals surface area contributed by atoms with Gasteiger partial charge in [0, 0.05) is 6.54 Å². The summed E-state index contributed by atoms with van der Waals surface area (Å²) in [6, 6.07) is 3.34. The van der Waals surface area contributed by atoms with Crippen molar-refractivity contribution in [3.63, 3.8) is 0 Å². The molecule has 6 nitrogen and oxygen atoms in total. The van der Waals surface area contributed by atoms with Crippen LogP contribution in [0.25, 0.3) is 0 Å². The smallest absolute Gasteiger partial charge is 0.180 e. The molecule has 0 spiro atoms. The molecule has 0 aliphatic rings. The monoisotopic (exact) mass is 311 g/mol. The number of methoxy groups -OCH3 is 1. The fraction of sp³-hybridized carbons (Fsp3) is 0.429. The first-order valence-electron chi connectivity index (χ1n) is 6.66. The minimum Gasteiger partial charge on any atom is -0.493 e. The van der Waals surface area contributed by atoms with Crippen LogP contribution >= 0.6 is 11.6 Å². The minimum atomic E-state index is -0.110. The second kappa shape index (κ2) is 7.28. The second-order valence-corrected chi connectivity index (χ2v) is 4.86. The lowest BCUT2D eigenvalue weighted by Gasteiger charge is -2.13. The van der Waals surface area contributed by atoms with E-state index in [1.807, 2.05) is 0 Å². The van der Waals surface area contributed by atoms with Crippen LogP contribution in [0.2, 0.25) is 5.02 Å². The molecule has 2 aromatic rings. The summed E-state index contributed by atoms with van der Waals surface area (Å²) in [5, 5.41) is 13.7. The fourth-order valence-electron chi connectivity index (χ4n) is 1.94. The summed E-state index contributed by atoms with van der Waals surface area (Å²) >= 11 is 6.17. The van der Waals surface area contributed by atoms with Gasteiger partial charge in [0.15, 0.2) is 17.3 Å². The predicted octanol–water partition coefficient (Wildman–Crippen LogP) is 2.42. The Morgan fingerprint density at radius 2 is 2.19 bits per heavy atom. The third-order valence-corrected chi connectivity index (χ3v) is 3.23. The van der Waals surface area contributed by atoms with Crippen LogP contribution in [0.3, 0.4) is 0 Å². The highest BCUT2D eigenvalue weighted by atomic mass is 35.5. The van der Waals surface area contributed by atoms with Crippen molar-refractivity contribution in [1.29, 1.82) is 0 Å². The van der Waals surface area contributed by atoms with E-state index in [9.17, 15) is 5.11 Å². The second-order valence-electron chi connectivity index (χ2n) is 4.46. The van der Waals surface area contributed by atoms with Gasteiger partial charge in [-0.15, -0.1) is 0 Å². The highest BCUT2D eigenvalue weighted by Crippen LogP contribution is 2.36. The Bertz CT molecular complexity index is 601. The standard InChI is InChI=1S/C14H18ClN3O3/c1-3-4-18-13(16-9-17-18)8-21-14-11(15)5-10(7-19)6-12(14)20-2/h5-6,9,19H,3-4,7-8H2,1-2H3. The van der Waals surface area contributed by atoms with Crippen molar-refractivity contribution in [2.24, 2.45) is 0 Å². The number of aliphatic hydroxyl groups excluding tert-OH is 1. The average Bonchev–Trinajstić information content (AvgIpc) is 2.93. The van der Waals surface area contributed by atoms with Crippen molar-refractivity contribution in [3.05, 3.63) is 34.9 Å². The van der Waals surface area contributed by atoms with Gasteiger partial charge in [-0.1, -0.05) is 18.5 Å². The van der Waals surface area contributed by atoms with Crippen LogP contribution in [0.1, 0.15) is 24.7 Å². The first kappa shape index (κ1) is 15.6. The molecule has 1 N–H and O–H groups in total. The summed E-state index contributed by atoms with van der Waals surface area (Å²) in [5.74, 6) is 1.64. The summed E-state index contributed by atoms with van der Waals surface area (Å²) in [6.45, 7) is 2.99. The third-order valence-electron chi connectivity index (χ3n) is 2.95. The molecule has 0 aliphatic carbocycles. The number of halogens is 1. The van der Waals surface area contributed by atoms with E-state index < -0.39 is 0 Å². The molecule has 21 heavy (non-hydrogen) atoms. The van der Waals surface area contributed by atoms with Crippen LogP contribution in [0.15, 0.2) is 18.5 Å². The van der Waals surface area contributed by atoms with Crippen molar-refractivity contribution in [2.75, 3.05) is 7.11 Å². The van der Waals surface area contributed by atoms with Crippen LogP contribution in [0.5, 0.6) is 11.5 Å². The number of aromatic nitrogens is 3. The molecule has 0 saturated heterocycles. The lowest BCUT2D eigenvalue weighted by Crippen LogP contribution is -2.09. The van der Waals surface area contributed by atoms with Gasteiger partial charge in [-0.05, 0) is 24.1 Å². The summed E-state index contributed by atoms with van der Waals surface area (Å²) < 4.78 is 12.8. The Morgan fingerprint density at radius 3 is 2.86 bits per heavy atom. The molecule has 0 radical (unpaired) electrons. The van der Waals surface area contributed by atoms with E-state index in [1.165, 1.54) is 13.4 Å². The van der Waals surface area contributed by atoms with Gasteiger partial charge in [0.1, 0.15) is 12.9 Å². The van der Waals surface area contributed by atoms with Gasteiger partial charge in [0.05, 0.1) is 18.7 Å². The van der Waals surface area contributed by atoms with Crippen molar-refractivity contribution in [1.82, 2.24) is 14.8 Å². The summed E-state index contributed by atoms with van der Waals surface area (Å²) in [5.41, 5.74) is 0.665. The number of aliphatic hydroxyl groups is 1. The van der Waals surface area contributed by atoms with Gasteiger partial charge in [-0.3, -0.25) is 0 Å². The van der Waals surface area contributed by atoms with Crippen molar-refractivity contribution < 1.29 is 14.6 Å². The Hall–Kier alpha value is -1.79. The highest BCUT2D eigenvalue weighted by Gasteiger charge is 2.13. The molecule has 1 aromatic heterocycles. The third kappa shape index (κ3) is 3.65. The van der Waals surface area contributed by atoms with Gasteiger partial charge >= 0.3 is 0 Å². The summed E-state index contributed by atoms with van der Waals surface area (Å²) in [7, 11) is 1.53. The Labute approximate surface area is 128 Å². The van der Waals surface area contributed by atoms with E-state index in [2.05, 4.69) is 17.0 Å². The van der Waals surface area contributed by atoms with Gasteiger partial charge in [0.25, 0.3) is 0 Å². The van der Waals surface area contributed by atoms with E-state index in [4.69, 9.17) is 21.1 Å². The average molecular weight is 312 g/mol. The van der Waals surface area contributed by atoms with Crippen molar-refractivity contribution in [3.8, 4) is 11.5 Å². The molecular weight excluding hydrogens is 294 g/mol. The molecule has 0 bridgehead atoms. The molecule has 1 heterocycles. The molecule has 2 rings (SSSR count). The molecule has 1 aromatic carbocycles. The van der Waals surface area contributed by atoms with Crippen LogP contribution < -0.4 is 9.47 Å². The van der Waals surface area contributed by atoms with Crippen LogP contribution in [-0.2, 0) is 19.8 Å². The highest BCUT2D eigenvalue weighted by molar-refractivity contribution is 6.32. The van der Waals surface area contributed by atoms with E-state index in [0.717, 1.165) is 18.8 Å². The largest absolute Gasteiger partial charge is 0.493 e. The molecule has 0 aliphatic heterocycles. The number of hydrogen-bond donors (Lipinski definition) is 1. The Kier molecular flexibility index (Phi) is 5.41. The predicted molar refractivity (Wildman–Crippen MR) is 78.6 cm³/mol. The maximum absolute atomic E-state index is 9.17. The molecule has 114 valence electrons. The molecule has 0 fully saturated rings. The summed E-state index contributed by atoms with van der Waals surface area (Å²) in [6.07, 6.45) is 2.47. The van der Waals surface area contributed by atoms with E-state index in [0.29, 0.717) is 22.1 Å². The van der Waals surface area contributed by atoms with Gasteiger partial charge in [-0.25, -0.2) is 9.67 Å². The maximum atomic E-state index is 9.17. The van der Waals surface area contributed by atoms with Gasteiger partial charge in [-0.2, -0.15) is 5.10 Å². The Balaban J connectivity index is 2.17. The quantitative estimate of drug-likeness (QED) is 0.850. The lowest BCUT2D eigenvalue weighted by molar-refractivity contribution is 0.265. The number of rotatable bonds is 7. The normalized spacial score (nSPS) is 10.7. The van der Waals surface area contributed by atoms with Crippen molar-refractivity contribution in [2.45, 2.75) is 33.1 Å². The molecule has 0 amide bonds. The minimum absolute atomic E-state index is 0.110. The Morgan fingerprint density at radius 1 is 1.38 bits per heavy atom. The topological polar surface area (TPSA) is 69.4 Å². The molecule has 0 saturated carbocycles. The first-order chi connectivity index (χ1) is 10.2.